The van der Waals surface area contributed by atoms with Crippen molar-refractivity contribution in [2.75, 3.05) is 25.6 Å². The zero-order chi connectivity index (χ0) is 15.4. The Kier molecular flexibility index (Phi) is 7.72. The Labute approximate surface area is 145 Å². The van der Waals surface area contributed by atoms with Gasteiger partial charge in [-0.1, -0.05) is 23.2 Å². The van der Waals surface area contributed by atoms with Crippen LogP contribution in [0.15, 0.2) is 12.1 Å². The highest BCUT2D eigenvalue weighted by molar-refractivity contribution is 6.37. The summed E-state index contributed by atoms with van der Waals surface area (Å²) < 4.78 is 10.3. The fourth-order valence-corrected chi connectivity index (χ4v) is 2.98. The molecule has 5 nitrogen and oxygen atoms in total. The Hall–Kier alpha value is -0.720. The molecule has 0 bridgehead atoms. The molecular formula is C14H19Cl3N2O3. The predicted molar refractivity (Wildman–Crippen MR) is 90.4 cm³/mol. The molecule has 1 atom stereocenters. The van der Waals surface area contributed by atoms with Crippen molar-refractivity contribution in [1.29, 1.82) is 0 Å². The molecule has 2 rings (SSSR count). The third-order valence-electron chi connectivity index (χ3n) is 3.55. The van der Waals surface area contributed by atoms with Crippen molar-refractivity contribution in [3.05, 3.63) is 22.2 Å². The summed E-state index contributed by atoms with van der Waals surface area (Å²) >= 11 is 12.1. The van der Waals surface area contributed by atoms with Crippen molar-refractivity contribution in [3.8, 4) is 5.75 Å². The van der Waals surface area contributed by atoms with E-state index in [9.17, 15) is 4.79 Å². The first kappa shape index (κ1) is 19.3. The van der Waals surface area contributed by atoms with Gasteiger partial charge in [0, 0.05) is 18.9 Å². The summed E-state index contributed by atoms with van der Waals surface area (Å²) in [5.74, 6) is 0.257. The summed E-state index contributed by atoms with van der Waals surface area (Å²) in [7, 11) is 1.48. The van der Waals surface area contributed by atoms with Gasteiger partial charge in [0.25, 0.3) is 0 Å². The lowest BCUT2D eigenvalue weighted by molar-refractivity contribution is -0.119. The van der Waals surface area contributed by atoms with Crippen LogP contribution in [-0.2, 0) is 9.53 Å². The van der Waals surface area contributed by atoms with Crippen LogP contribution >= 0.6 is 35.6 Å². The summed E-state index contributed by atoms with van der Waals surface area (Å²) in [5.41, 5.74) is 6.51. The fourth-order valence-electron chi connectivity index (χ4n) is 2.34. The van der Waals surface area contributed by atoms with E-state index in [1.165, 1.54) is 7.11 Å². The SMILES string of the molecule is COc1c(Cl)cc(NC(=O)C(N)C2CCOCC2)cc1Cl.Cl. The van der Waals surface area contributed by atoms with Crippen molar-refractivity contribution in [2.45, 2.75) is 18.9 Å². The molecule has 1 amide bonds. The molecule has 124 valence electrons. The van der Waals surface area contributed by atoms with Gasteiger partial charge in [0.15, 0.2) is 5.75 Å². The first-order valence-electron chi connectivity index (χ1n) is 6.70. The van der Waals surface area contributed by atoms with Gasteiger partial charge in [-0.15, -0.1) is 12.4 Å². The Bertz CT molecular complexity index is 499. The smallest absolute Gasteiger partial charge is 0.241 e. The molecule has 8 heteroatoms. The highest BCUT2D eigenvalue weighted by Crippen LogP contribution is 2.35. The molecule has 1 fully saturated rings. The van der Waals surface area contributed by atoms with E-state index < -0.39 is 6.04 Å². The molecule has 0 saturated carbocycles. The Morgan fingerprint density at radius 2 is 1.91 bits per heavy atom. The number of methoxy groups -OCH3 is 1. The molecule has 1 unspecified atom stereocenters. The van der Waals surface area contributed by atoms with Crippen molar-refractivity contribution < 1.29 is 14.3 Å². The minimum absolute atomic E-state index is 0. The highest BCUT2D eigenvalue weighted by Gasteiger charge is 2.26. The Balaban J connectivity index is 0.00000242. The van der Waals surface area contributed by atoms with Gasteiger partial charge < -0.3 is 20.5 Å². The van der Waals surface area contributed by atoms with Gasteiger partial charge in [-0.2, -0.15) is 0 Å². The highest BCUT2D eigenvalue weighted by atomic mass is 35.5. The minimum atomic E-state index is -0.575. The molecule has 0 aromatic heterocycles. The molecule has 1 aromatic carbocycles. The van der Waals surface area contributed by atoms with E-state index in [-0.39, 0.29) is 24.2 Å². The molecule has 1 aliphatic heterocycles. The average Bonchev–Trinajstić information content (AvgIpc) is 2.47. The Morgan fingerprint density at radius 3 is 2.41 bits per heavy atom. The number of halogens is 3. The molecule has 1 heterocycles. The summed E-state index contributed by atoms with van der Waals surface area (Å²) in [5, 5.41) is 3.41. The molecular weight excluding hydrogens is 351 g/mol. The number of nitrogens with two attached hydrogens (primary N) is 1. The standard InChI is InChI=1S/C14H18Cl2N2O3.ClH/c1-20-13-10(15)6-9(7-11(13)16)18-14(19)12(17)8-2-4-21-5-3-8;/h6-8,12H,2-5,17H2,1H3,(H,18,19);1H. The van der Waals surface area contributed by atoms with Crippen LogP contribution in [0.4, 0.5) is 5.69 Å². The monoisotopic (exact) mass is 368 g/mol. The van der Waals surface area contributed by atoms with Gasteiger partial charge in [-0.05, 0) is 30.9 Å². The van der Waals surface area contributed by atoms with E-state index in [4.69, 9.17) is 38.4 Å². The maximum atomic E-state index is 12.2. The lowest BCUT2D eigenvalue weighted by atomic mass is 9.92. The molecule has 1 aliphatic rings. The third kappa shape index (κ3) is 4.64. The summed E-state index contributed by atoms with van der Waals surface area (Å²) in [4.78, 5) is 12.2. The number of carbonyl (C=O) groups excluding carboxylic acids is 1. The maximum absolute atomic E-state index is 12.2. The lowest BCUT2D eigenvalue weighted by Gasteiger charge is -2.26. The van der Waals surface area contributed by atoms with Gasteiger partial charge in [0.1, 0.15) is 0 Å². The maximum Gasteiger partial charge on any atom is 0.241 e. The predicted octanol–water partition coefficient (Wildman–Crippen LogP) is 3.12. The van der Waals surface area contributed by atoms with Crippen LogP contribution in [0.2, 0.25) is 10.0 Å². The normalized spacial score (nSPS) is 16.5. The van der Waals surface area contributed by atoms with E-state index in [2.05, 4.69) is 5.32 Å². The first-order chi connectivity index (χ1) is 10.0. The van der Waals surface area contributed by atoms with Crippen molar-refractivity contribution >= 4 is 47.2 Å². The number of carbonyl (C=O) groups is 1. The summed E-state index contributed by atoms with van der Waals surface area (Å²) in [6.07, 6.45) is 1.58. The molecule has 0 aliphatic carbocycles. The van der Waals surface area contributed by atoms with Gasteiger partial charge in [0.2, 0.25) is 5.91 Å². The van der Waals surface area contributed by atoms with Crippen LogP contribution in [-0.4, -0.2) is 32.3 Å². The second-order valence-corrected chi connectivity index (χ2v) is 5.75. The van der Waals surface area contributed by atoms with E-state index in [0.29, 0.717) is 34.7 Å². The van der Waals surface area contributed by atoms with Crippen molar-refractivity contribution in [3.63, 3.8) is 0 Å². The summed E-state index contributed by atoms with van der Waals surface area (Å²) in [6, 6.07) is 2.59. The van der Waals surface area contributed by atoms with Crippen LogP contribution in [0.1, 0.15) is 12.8 Å². The zero-order valence-electron chi connectivity index (χ0n) is 12.1. The number of benzene rings is 1. The van der Waals surface area contributed by atoms with E-state index in [1.54, 1.807) is 12.1 Å². The Morgan fingerprint density at radius 1 is 1.36 bits per heavy atom. The fraction of sp³-hybridized carbons (Fsp3) is 0.500. The number of ether oxygens (including phenoxy) is 2. The molecule has 3 N–H and O–H groups in total. The number of rotatable bonds is 4. The van der Waals surface area contributed by atoms with Crippen molar-refractivity contribution in [2.24, 2.45) is 11.7 Å². The first-order valence-corrected chi connectivity index (χ1v) is 7.45. The molecule has 0 spiro atoms. The van der Waals surface area contributed by atoms with Gasteiger partial charge >= 0.3 is 0 Å². The quantitative estimate of drug-likeness (QED) is 0.855. The molecule has 0 radical (unpaired) electrons. The van der Waals surface area contributed by atoms with E-state index in [0.717, 1.165) is 12.8 Å². The van der Waals surface area contributed by atoms with Crippen LogP contribution in [0.5, 0.6) is 5.75 Å². The lowest BCUT2D eigenvalue weighted by Crippen LogP contribution is -2.44. The number of nitrogens with one attached hydrogen (secondary N) is 1. The van der Waals surface area contributed by atoms with Crippen LogP contribution in [0.25, 0.3) is 0 Å². The van der Waals surface area contributed by atoms with Gasteiger partial charge in [-0.3, -0.25) is 4.79 Å². The minimum Gasteiger partial charge on any atom is -0.494 e. The average molecular weight is 370 g/mol. The van der Waals surface area contributed by atoms with Crippen LogP contribution < -0.4 is 15.8 Å². The summed E-state index contributed by atoms with van der Waals surface area (Å²) in [6.45, 7) is 1.29. The second-order valence-electron chi connectivity index (χ2n) is 4.94. The van der Waals surface area contributed by atoms with E-state index >= 15 is 0 Å². The number of hydrogen-bond acceptors (Lipinski definition) is 4. The zero-order valence-corrected chi connectivity index (χ0v) is 14.4. The van der Waals surface area contributed by atoms with Crippen LogP contribution in [0, 0.1) is 5.92 Å². The number of anilines is 1. The van der Waals surface area contributed by atoms with Gasteiger partial charge in [-0.25, -0.2) is 0 Å². The van der Waals surface area contributed by atoms with Crippen molar-refractivity contribution in [1.82, 2.24) is 0 Å². The van der Waals surface area contributed by atoms with E-state index in [1.807, 2.05) is 0 Å². The van der Waals surface area contributed by atoms with Gasteiger partial charge in [0.05, 0.1) is 23.2 Å². The van der Waals surface area contributed by atoms with Crippen LogP contribution in [0.3, 0.4) is 0 Å². The third-order valence-corrected chi connectivity index (χ3v) is 4.11. The molecule has 22 heavy (non-hydrogen) atoms. The molecule has 1 saturated heterocycles. The topological polar surface area (TPSA) is 73.6 Å². The molecule has 1 aromatic rings. The largest absolute Gasteiger partial charge is 0.494 e. The number of amides is 1. The number of hydrogen-bond donors (Lipinski definition) is 2. The second kappa shape index (κ2) is 8.79.